The number of carbonyl (C=O) groups is 2. The Morgan fingerprint density at radius 3 is 2.38 bits per heavy atom. The predicted molar refractivity (Wildman–Crippen MR) is 78.1 cm³/mol. The van der Waals surface area contributed by atoms with Crippen LogP contribution in [0.25, 0.3) is 0 Å². The highest BCUT2D eigenvalue weighted by Crippen LogP contribution is 2.31. The summed E-state index contributed by atoms with van der Waals surface area (Å²) in [4.78, 5) is 24.5. The van der Waals surface area contributed by atoms with Gasteiger partial charge in [0.05, 0.1) is 6.10 Å². The number of carboxylic acids is 1. The van der Waals surface area contributed by atoms with E-state index >= 15 is 0 Å². The molecule has 2 fully saturated rings. The normalized spacial score (nSPS) is 30.4. The Morgan fingerprint density at radius 1 is 1.19 bits per heavy atom. The fourth-order valence-corrected chi connectivity index (χ4v) is 3.23. The number of urea groups is 1. The van der Waals surface area contributed by atoms with E-state index in [0.717, 1.165) is 6.42 Å². The Kier molecular flexibility index (Phi) is 5.45. The monoisotopic (exact) mass is 298 g/mol. The maximum absolute atomic E-state index is 12.3. The number of nitrogens with one attached hydrogen (secondary N) is 1. The molecule has 6 heteroatoms. The van der Waals surface area contributed by atoms with Crippen molar-refractivity contribution in [2.24, 2.45) is 11.8 Å². The summed E-state index contributed by atoms with van der Waals surface area (Å²) >= 11 is 0. The molecule has 1 aliphatic heterocycles. The van der Waals surface area contributed by atoms with Gasteiger partial charge in [0.15, 0.2) is 0 Å². The maximum atomic E-state index is 12.3. The summed E-state index contributed by atoms with van der Waals surface area (Å²) in [6.45, 7) is 5.45. The first kappa shape index (κ1) is 16.1. The molecule has 0 radical (unpaired) electrons. The molecular weight excluding hydrogens is 272 g/mol. The molecule has 1 saturated heterocycles. The summed E-state index contributed by atoms with van der Waals surface area (Å²) in [5.41, 5.74) is 0. The van der Waals surface area contributed by atoms with Crippen LogP contribution in [0.2, 0.25) is 0 Å². The molecule has 0 aromatic carbocycles. The van der Waals surface area contributed by atoms with Crippen molar-refractivity contribution in [1.82, 2.24) is 10.2 Å². The second kappa shape index (κ2) is 7.11. The maximum Gasteiger partial charge on any atom is 0.329 e. The van der Waals surface area contributed by atoms with Gasteiger partial charge in [0.1, 0.15) is 6.61 Å². The Hall–Kier alpha value is -1.30. The van der Waals surface area contributed by atoms with Crippen molar-refractivity contribution >= 4 is 12.0 Å². The topological polar surface area (TPSA) is 78.9 Å². The van der Waals surface area contributed by atoms with Crippen molar-refractivity contribution in [2.75, 3.05) is 19.7 Å². The number of amides is 2. The summed E-state index contributed by atoms with van der Waals surface area (Å²) < 4.78 is 5.28. The molecule has 2 amide bonds. The van der Waals surface area contributed by atoms with Crippen LogP contribution in [0, 0.1) is 11.8 Å². The molecule has 0 aromatic heterocycles. The van der Waals surface area contributed by atoms with Gasteiger partial charge < -0.3 is 20.1 Å². The Balaban J connectivity index is 1.72. The smallest absolute Gasteiger partial charge is 0.329 e. The second-order valence-electron chi connectivity index (χ2n) is 6.36. The third kappa shape index (κ3) is 4.33. The molecule has 3 atom stereocenters. The predicted octanol–water partition coefficient (Wildman–Crippen LogP) is 1.70. The van der Waals surface area contributed by atoms with E-state index in [-0.39, 0.29) is 24.8 Å². The summed E-state index contributed by atoms with van der Waals surface area (Å²) in [6, 6.07) is 0.297. The van der Waals surface area contributed by atoms with Gasteiger partial charge >= 0.3 is 12.0 Å². The molecule has 0 aromatic rings. The van der Waals surface area contributed by atoms with Crippen LogP contribution in [-0.2, 0) is 9.53 Å². The fourth-order valence-electron chi connectivity index (χ4n) is 3.23. The molecule has 120 valence electrons. The van der Waals surface area contributed by atoms with Crippen LogP contribution in [0.1, 0.15) is 39.5 Å². The Morgan fingerprint density at radius 2 is 1.86 bits per heavy atom. The highest BCUT2D eigenvalue weighted by atomic mass is 16.5. The highest BCUT2D eigenvalue weighted by Gasteiger charge is 2.32. The lowest BCUT2D eigenvalue weighted by Gasteiger charge is -2.33. The molecule has 21 heavy (non-hydrogen) atoms. The quantitative estimate of drug-likeness (QED) is 0.828. The van der Waals surface area contributed by atoms with Gasteiger partial charge in [-0.2, -0.15) is 0 Å². The largest absolute Gasteiger partial charge is 0.480 e. The first-order chi connectivity index (χ1) is 9.97. The second-order valence-corrected chi connectivity index (χ2v) is 6.36. The Labute approximate surface area is 125 Å². The van der Waals surface area contributed by atoms with Crippen LogP contribution in [0.3, 0.4) is 0 Å². The van der Waals surface area contributed by atoms with Gasteiger partial charge in [-0.15, -0.1) is 0 Å². The highest BCUT2D eigenvalue weighted by molar-refractivity contribution is 5.74. The SMILES string of the molecule is CC1CCC(NC(=O)N2CCC(OCC(=O)O)CC2)C1C. The van der Waals surface area contributed by atoms with Crippen molar-refractivity contribution < 1.29 is 19.4 Å². The number of hydrogen-bond donors (Lipinski definition) is 2. The first-order valence-electron chi connectivity index (χ1n) is 7.86. The van der Waals surface area contributed by atoms with E-state index in [4.69, 9.17) is 9.84 Å². The average molecular weight is 298 g/mol. The summed E-state index contributed by atoms with van der Waals surface area (Å²) in [6.07, 6.45) is 3.61. The standard InChI is InChI=1S/C15H26N2O4/c1-10-3-4-13(11(10)2)16-15(20)17-7-5-12(6-8-17)21-9-14(18)19/h10-13H,3-9H2,1-2H3,(H,16,20)(H,18,19). The summed E-state index contributed by atoms with van der Waals surface area (Å²) in [5, 5.41) is 11.7. The van der Waals surface area contributed by atoms with E-state index in [0.29, 0.717) is 37.8 Å². The van der Waals surface area contributed by atoms with Gasteiger partial charge in [-0.1, -0.05) is 13.8 Å². The van der Waals surface area contributed by atoms with Crippen molar-refractivity contribution in [3.05, 3.63) is 0 Å². The lowest BCUT2D eigenvalue weighted by atomic mass is 9.98. The van der Waals surface area contributed by atoms with E-state index in [2.05, 4.69) is 19.2 Å². The van der Waals surface area contributed by atoms with E-state index in [1.165, 1.54) is 6.42 Å². The molecule has 0 bridgehead atoms. The van der Waals surface area contributed by atoms with E-state index in [9.17, 15) is 9.59 Å². The third-order valence-corrected chi connectivity index (χ3v) is 4.95. The van der Waals surface area contributed by atoms with E-state index in [1.54, 1.807) is 0 Å². The number of carboxylic acid groups (broad SMARTS) is 1. The molecule has 0 spiro atoms. The zero-order valence-electron chi connectivity index (χ0n) is 12.9. The molecular formula is C15H26N2O4. The number of nitrogens with zero attached hydrogens (tertiary/aromatic N) is 1. The van der Waals surface area contributed by atoms with Gasteiger partial charge in [0.2, 0.25) is 0 Å². The van der Waals surface area contributed by atoms with Crippen molar-refractivity contribution in [3.8, 4) is 0 Å². The Bertz CT molecular complexity index is 380. The molecule has 2 rings (SSSR count). The molecule has 6 nitrogen and oxygen atoms in total. The number of rotatable bonds is 4. The van der Waals surface area contributed by atoms with Crippen LogP contribution in [0.5, 0.6) is 0 Å². The molecule has 3 unspecified atom stereocenters. The number of aliphatic carboxylic acids is 1. The minimum atomic E-state index is -0.945. The number of carbonyl (C=O) groups excluding carboxylic acids is 1. The van der Waals surface area contributed by atoms with E-state index < -0.39 is 5.97 Å². The molecule has 2 N–H and O–H groups in total. The van der Waals surface area contributed by atoms with Crippen LogP contribution in [-0.4, -0.2) is 53.8 Å². The minimum Gasteiger partial charge on any atom is -0.480 e. The molecule has 1 aliphatic carbocycles. The lowest BCUT2D eigenvalue weighted by Crippen LogP contribution is -2.49. The zero-order chi connectivity index (χ0) is 15.4. The first-order valence-corrected chi connectivity index (χ1v) is 7.86. The van der Waals surface area contributed by atoms with Crippen LogP contribution >= 0.6 is 0 Å². The summed E-state index contributed by atoms with van der Waals surface area (Å²) in [5.74, 6) is 0.260. The van der Waals surface area contributed by atoms with Crippen LogP contribution in [0.4, 0.5) is 4.79 Å². The molecule has 1 saturated carbocycles. The lowest BCUT2D eigenvalue weighted by molar-refractivity contribution is -0.145. The van der Waals surface area contributed by atoms with Gasteiger partial charge in [0.25, 0.3) is 0 Å². The number of ether oxygens (including phenoxy) is 1. The zero-order valence-corrected chi connectivity index (χ0v) is 12.9. The number of likely N-dealkylation sites (tertiary alicyclic amines) is 1. The third-order valence-electron chi connectivity index (χ3n) is 4.95. The van der Waals surface area contributed by atoms with Gasteiger partial charge in [-0.3, -0.25) is 0 Å². The van der Waals surface area contributed by atoms with Gasteiger partial charge in [-0.25, -0.2) is 9.59 Å². The minimum absolute atomic E-state index is 0.0117. The van der Waals surface area contributed by atoms with Crippen molar-refractivity contribution in [3.63, 3.8) is 0 Å². The van der Waals surface area contributed by atoms with Gasteiger partial charge in [-0.05, 0) is 37.5 Å². The van der Waals surface area contributed by atoms with Gasteiger partial charge in [0, 0.05) is 19.1 Å². The van der Waals surface area contributed by atoms with Crippen LogP contribution < -0.4 is 5.32 Å². The summed E-state index contributed by atoms with van der Waals surface area (Å²) in [7, 11) is 0. The van der Waals surface area contributed by atoms with Crippen molar-refractivity contribution in [2.45, 2.75) is 51.7 Å². The van der Waals surface area contributed by atoms with Crippen LogP contribution in [0.15, 0.2) is 0 Å². The molecule has 1 heterocycles. The number of hydrogen-bond acceptors (Lipinski definition) is 3. The number of piperidine rings is 1. The fraction of sp³-hybridized carbons (Fsp3) is 0.867. The average Bonchev–Trinajstić information content (AvgIpc) is 2.77. The molecule has 2 aliphatic rings. The van der Waals surface area contributed by atoms with Crippen molar-refractivity contribution in [1.29, 1.82) is 0 Å². The van der Waals surface area contributed by atoms with E-state index in [1.807, 2.05) is 4.90 Å².